The molecule has 1 aliphatic carbocycles. The van der Waals surface area contributed by atoms with Gasteiger partial charge in [-0.1, -0.05) is 6.08 Å². The highest BCUT2D eigenvalue weighted by atomic mass is 32.3. The second-order valence-electron chi connectivity index (χ2n) is 3.18. The predicted octanol–water partition coefficient (Wildman–Crippen LogP) is 2.02. The topological polar surface area (TPSA) is 46.5 Å². The molecule has 0 atom stereocenters. The minimum atomic E-state index is -4.58. The van der Waals surface area contributed by atoms with Crippen molar-refractivity contribution in [2.24, 2.45) is 4.99 Å². The molecule has 0 saturated carbocycles. The van der Waals surface area contributed by atoms with E-state index < -0.39 is 10.2 Å². The maximum atomic E-state index is 12.7. The van der Waals surface area contributed by atoms with Crippen LogP contribution in [0.2, 0.25) is 0 Å². The first kappa shape index (κ1) is 10.0. The molecule has 0 bridgehead atoms. The first-order valence-electron chi connectivity index (χ1n) is 4.32. The van der Waals surface area contributed by atoms with Crippen LogP contribution >= 0.6 is 0 Å². The standard InChI is InChI=1S/C10H8FNO2S/c11-15(13,14)10-2-1-8-3-5-12-6-4-9(8)7-10/h1-6H,7H2. The fourth-order valence-corrected chi connectivity index (χ4v) is 1.99. The highest BCUT2D eigenvalue weighted by Gasteiger charge is 2.21. The summed E-state index contributed by atoms with van der Waals surface area (Å²) in [5, 5.41) is 0. The molecular weight excluding hydrogens is 217 g/mol. The van der Waals surface area contributed by atoms with E-state index >= 15 is 0 Å². The molecule has 0 N–H and O–H groups in total. The summed E-state index contributed by atoms with van der Waals surface area (Å²) >= 11 is 0. The van der Waals surface area contributed by atoms with Crippen molar-refractivity contribution in [2.45, 2.75) is 6.42 Å². The van der Waals surface area contributed by atoms with Gasteiger partial charge in [0.1, 0.15) is 0 Å². The third-order valence-corrected chi connectivity index (χ3v) is 3.11. The van der Waals surface area contributed by atoms with Gasteiger partial charge < -0.3 is 0 Å². The Balaban J connectivity index is 2.45. The molecule has 0 aromatic rings. The number of aliphatic imine (C=N–C) groups is 1. The van der Waals surface area contributed by atoms with Crippen molar-refractivity contribution in [2.75, 3.05) is 0 Å². The SMILES string of the molecule is O=S(=O)(F)C1=CC=C2C=CN=CC=C2C1. The van der Waals surface area contributed by atoms with Crippen LogP contribution in [-0.4, -0.2) is 14.6 Å². The largest absolute Gasteiger partial charge is 0.328 e. The van der Waals surface area contributed by atoms with Crippen LogP contribution in [0.1, 0.15) is 6.42 Å². The number of allylic oxidation sites excluding steroid dienone is 7. The molecule has 0 fully saturated rings. The molecule has 5 heteroatoms. The summed E-state index contributed by atoms with van der Waals surface area (Å²) < 4.78 is 34.1. The lowest BCUT2D eigenvalue weighted by molar-refractivity contribution is 0.558. The number of nitrogens with zero attached hydrogens (tertiary/aromatic N) is 1. The Bertz CT molecular complexity index is 536. The van der Waals surface area contributed by atoms with E-state index in [0.717, 1.165) is 11.1 Å². The number of rotatable bonds is 1. The number of halogens is 1. The minimum absolute atomic E-state index is 0.0844. The van der Waals surface area contributed by atoms with E-state index in [2.05, 4.69) is 4.99 Å². The summed E-state index contributed by atoms with van der Waals surface area (Å²) in [5.41, 5.74) is 1.62. The first-order valence-corrected chi connectivity index (χ1v) is 5.70. The Morgan fingerprint density at radius 2 is 2.07 bits per heavy atom. The summed E-state index contributed by atoms with van der Waals surface area (Å²) in [6.45, 7) is 0. The van der Waals surface area contributed by atoms with E-state index in [1.165, 1.54) is 6.08 Å². The molecule has 3 nitrogen and oxygen atoms in total. The summed E-state index contributed by atoms with van der Waals surface area (Å²) in [5.74, 6) is 0. The van der Waals surface area contributed by atoms with E-state index in [9.17, 15) is 12.3 Å². The van der Waals surface area contributed by atoms with Crippen LogP contribution in [0, 0.1) is 0 Å². The fraction of sp³-hybridized carbons (Fsp3) is 0.100. The molecule has 1 aliphatic heterocycles. The average molecular weight is 225 g/mol. The van der Waals surface area contributed by atoms with Gasteiger partial charge in [0.15, 0.2) is 0 Å². The Hall–Kier alpha value is -1.49. The molecular formula is C10H8FNO2S. The van der Waals surface area contributed by atoms with E-state index in [0.29, 0.717) is 0 Å². The zero-order chi connectivity index (χ0) is 10.9. The Labute approximate surface area is 87.2 Å². The quantitative estimate of drug-likeness (QED) is 0.641. The molecule has 0 radical (unpaired) electrons. The lowest BCUT2D eigenvalue weighted by Crippen LogP contribution is -2.03. The summed E-state index contributed by atoms with van der Waals surface area (Å²) in [6, 6.07) is 0. The normalized spacial score (nSPS) is 19.9. The van der Waals surface area contributed by atoms with Crippen molar-refractivity contribution in [3.63, 3.8) is 0 Å². The Kier molecular flexibility index (Phi) is 2.40. The van der Waals surface area contributed by atoms with Crippen molar-refractivity contribution in [3.8, 4) is 0 Å². The highest BCUT2D eigenvalue weighted by molar-refractivity contribution is 7.90. The van der Waals surface area contributed by atoms with Crippen LogP contribution in [0.5, 0.6) is 0 Å². The highest BCUT2D eigenvalue weighted by Crippen LogP contribution is 2.29. The van der Waals surface area contributed by atoms with Gasteiger partial charge in [0.2, 0.25) is 0 Å². The van der Waals surface area contributed by atoms with Gasteiger partial charge in [0.05, 0.1) is 4.91 Å². The Morgan fingerprint density at radius 1 is 1.27 bits per heavy atom. The molecule has 0 aromatic carbocycles. The van der Waals surface area contributed by atoms with E-state index in [-0.39, 0.29) is 11.3 Å². The van der Waals surface area contributed by atoms with Crippen molar-refractivity contribution in [1.29, 1.82) is 0 Å². The molecule has 0 unspecified atom stereocenters. The van der Waals surface area contributed by atoms with Gasteiger partial charge in [-0.05, 0) is 29.4 Å². The fourth-order valence-electron chi connectivity index (χ4n) is 1.43. The maximum absolute atomic E-state index is 12.7. The molecule has 15 heavy (non-hydrogen) atoms. The predicted molar refractivity (Wildman–Crippen MR) is 56.5 cm³/mol. The zero-order valence-electron chi connectivity index (χ0n) is 7.72. The van der Waals surface area contributed by atoms with Gasteiger partial charge >= 0.3 is 10.2 Å². The van der Waals surface area contributed by atoms with Gasteiger partial charge in [-0.15, -0.1) is 3.89 Å². The average Bonchev–Trinajstić information content (AvgIpc) is 2.39. The molecule has 78 valence electrons. The van der Waals surface area contributed by atoms with Crippen LogP contribution in [0.3, 0.4) is 0 Å². The molecule has 0 saturated heterocycles. The number of hydrogen-bond acceptors (Lipinski definition) is 3. The first-order chi connectivity index (χ1) is 7.07. The monoisotopic (exact) mass is 225 g/mol. The number of fused-ring (bicyclic) bond motifs is 1. The Morgan fingerprint density at radius 3 is 2.80 bits per heavy atom. The van der Waals surface area contributed by atoms with Crippen LogP contribution in [-0.2, 0) is 10.2 Å². The lowest BCUT2D eigenvalue weighted by Gasteiger charge is -2.12. The smallest absolute Gasteiger partial charge is 0.265 e. The molecule has 0 amide bonds. The van der Waals surface area contributed by atoms with Gasteiger partial charge in [0, 0.05) is 18.8 Å². The van der Waals surface area contributed by atoms with Crippen LogP contribution in [0.25, 0.3) is 0 Å². The van der Waals surface area contributed by atoms with Crippen molar-refractivity contribution in [3.05, 3.63) is 46.6 Å². The third-order valence-electron chi connectivity index (χ3n) is 2.20. The molecule has 2 rings (SSSR count). The summed E-state index contributed by atoms with van der Waals surface area (Å²) in [4.78, 5) is 3.69. The molecule has 2 aliphatic rings. The number of hydrogen-bond donors (Lipinski definition) is 0. The van der Waals surface area contributed by atoms with E-state index in [1.807, 2.05) is 0 Å². The van der Waals surface area contributed by atoms with Crippen molar-refractivity contribution >= 4 is 16.4 Å². The minimum Gasteiger partial charge on any atom is -0.265 e. The van der Waals surface area contributed by atoms with Gasteiger partial charge in [-0.3, -0.25) is 4.99 Å². The maximum Gasteiger partial charge on any atom is 0.328 e. The molecule has 1 heterocycles. The van der Waals surface area contributed by atoms with Crippen LogP contribution in [0.4, 0.5) is 3.89 Å². The van der Waals surface area contributed by atoms with Crippen LogP contribution in [0.15, 0.2) is 51.5 Å². The van der Waals surface area contributed by atoms with Crippen LogP contribution < -0.4 is 0 Å². The van der Waals surface area contributed by atoms with Crippen molar-refractivity contribution < 1.29 is 12.3 Å². The second-order valence-corrected chi connectivity index (χ2v) is 4.58. The third kappa shape index (κ3) is 2.12. The van der Waals surface area contributed by atoms with E-state index in [1.54, 1.807) is 30.6 Å². The van der Waals surface area contributed by atoms with Crippen molar-refractivity contribution in [1.82, 2.24) is 0 Å². The van der Waals surface area contributed by atoms with Gasteiger partial charge in [0.25, 0.3) is 0 Å². The summed E-state index contributed by atoms with van der Waals surface area (Å²) in [6.07, 6.45) is 9.56. The lowest BCUT2D eigenvalue weighted by atomic mass is 9.98. The zero-order valence-corrected chi connectivity index (χ0v) is 8.54. The van der Waals surface area contributed by atoms with Gasteiger partial charge in [-0.2, -0.15) is 8.42 Å². The second kappa shape index (κ2) is 3.58. The summed E-state index contributed by atoms with van der Waals surface area (Å²) in [7, 11) is -4.58. The molecule has 0 aromatic heterocycles. The molecule has 0 spiro atoms. The van der Waals surface area contributed by atoms with E-state index in [4.69, 9.17) is 0 Å². The van der Waals surface area contributed by atoms with Gasteiger partial charge in [-0.25, -0.2) is 0 Å².